The fraction of sp³-hybridized carbons (Fsp3) is 1.00. The third-order valence-electron chi connectivity index (χ3n) is 4.33. The normalized spacial score (nSPS) is 25.4. The van der Waals surface area contributed by atoms with Gasteiger partial charge in [0.2, 0.25) is 0 Å². The Labute approximate surface area is 119 Å². The van der Waals surface area contributed by atoms with Crippen LogP contribution in [0.3, 0.4) is 0 Å². The first-order valence-electron chi connectivity index (χ1n) is 7.71. The molecule has 1 saturated heterocycles. The van der Waals surface area contributed by atoms with Crippen LogP contribution in [0.4, 0.5) is 0 Å². The molecular weight excluding hydrogens is 238 g/mol. The predicted molar refractivity (Wildman–Crippen MR) is 81.7 cm³/mol. The zero-order valence-electron chi connectivity index (χ0n) is 13.5. The van der Waals surface area contributed by atoms with E-state index in [9.17, 15) is 0 Å². The second kappa shape index (κ2) is 8.90. The van der Waals surface area contributed by atoms with Crippen molar-refractivity contribution in [2.75, 3.05) is 54.0 Å². The Hall–Kier alpha value is -0.160. The summed E-state index contributed by atoms with van der Waals surface area (Å²) in [5, 5.41) is 3.77. The van der Waals surface area contributed by atoms with Crippen LogP contribution in [0.1, 0.15) is 26.7 Å². The van der Waals surface area contributed by atoms with Crippen molar-refractivity contribution in [3.63, 3.8) is 0 Å². The third-order valence-corrected chi connectivity index (χ3v) is 4.33. The van der Waals surface area contributed by atoms with Crippen molar-refractivity contribution in [3.05, 3.63) is 0 Å². The van der Waals surface area contributed by atoms with Crippen LogP contribution in [-0.4, -0.2) is 75.9 Å². The number of nitrogens with zero attached hydrogens (tertiary/aromatic N) is 2. The van der Waals surface area contributed by atoms with Gasteiger partial charge in [0.25, 0.3) is 0 Å². The molecular formula is C15H33N3O. The Morgan fingerprint density at radius 1 is 1.32 bits per heavy atom. The standard InChI is InChI=1S/C15H33N3O/c1-6-8-16-15(13(2)7-11-19-5)14-12-17(3)9-10-18(14)4/h13-16H,6-12H2,1-5H3. The van der Waals surface area contributed by atoms with Gasteiger partial charge in [-0.15, -0.1) is 0 Å². The van der Waals surface area contributed by atoms with E-state index in [0.29, 0.717) is 18.0 Å². The van der Waals surface area contributed by atoms with Crippen molar-refractivity contribution in [2.24, 2.45) is 5.92 Å². The molecule has 0 aromatic rings. The van der Waals surface area contributed by atoms with E-state index in [1.807, 2.05) is 0 Å². The molecule has 4 nitrogen and oxygen atoms in total. The quantitative estimate of drug-likeness (QED) is 0.719. The average molecular weight is 271 g/mol. The molecule has 0 aromatic heterocycles. The fourth-order valence-corrected chi connectivity index (χ4v) is 2.94. The van der Waals surface area contributed by atoms with E-state index in [4.69, 9.17) is 4.74 Å². The van der Waals surface area contributed by atoms with Crippen molar-refractivity contribution in [2.45, 2.75) is 38.8 Å². The van der Waals surface area contributed by atoms with Gasteiger partial charge in [-0.1, -0.05) is 13.8 Å². The van der Waals surface area contributed by atoms with E-state index in [0.717, 1.165) is 26.1 Å². The summed E-state index contributed by atoms with van der Waals surface area (Å²) in [6, 6.07) is 1.17. The van der Waals surface area contributed by atoms with E-state index in [1.54, 1.807) is 7.11 Å². The molecule has 1 aliphatic heterocycles. The molecule has 1 fully saturated rings. The molecule has 3 unspecified atom stereocenters. The molecule has 114 valence electrons. The van der Waals surface area contributed by atoms with Crippen LogP contribution in [0.2, 0.25) is 0 Å². The summed E-state index contributed by atoms with van der Waals surface area (Å²) in [4.78, 5) is 4.98. The second-order valence-corrected chi connectivity index (χ2v) is 6.05. The summed E-state index contributed by atoms with van der Waals surface area (Å²) >= 11 is 0. The van der Waals surface area contributed by atoms with Gasteiger partial charge in [-0.25, -0.2) is 0 Å². The van der Waals surface area contributed by atoms with Crippen LogP contribution >= 0.6 is 0 Å². The monoisotopic (exact) mass is 271 g/mol. The minimum Gasteiger partial charge on any atom is -0.385 e. The zero-order valence-corrected chi connectivity index (χ0v) is 13.5. The van der Waals surface area contributed by atoms with Crippen molar-refractivity contribution < 1.29 is 4.74 Å². The number of hydrogen-bond acceptors (Lipinski definition) is 4. The molecule has 4 heteroatoms. The summed E-state index contributed by atoms with van der Waals surface area (Å²) < 4.78 is 5.25. The van der Waals surface area contributed by atoms with E-state index in [1.165, 1.54) is 19.5 Å². The molecule has 0 bridgehead atoms. The predicted octanol–water partition coefficient (Wildman–Crippen LogP) is 1.27. The zero-order chi connectivity index (χ0) is 14.3. The summed E-state index contributed by atoms with van der Waals surface area (Å²) in [5.74, 6) is 0.644. The van der Waals surface area contributed by atoms with Crippen LogP contribution in [0.25, 0.3) is 0 Å². The number of methoxy groups -OCH3 is 1. The SMILES string of the molecule is CCCNC(C(C)CCOC)C1CN(C)CCN1C. The van der Waals surface area contributed by atoms with Crippen molar-refractivity contribution in [1.82, 2.24) is 15.1 Å². The number of nitrogens with one attached hydrogen (secondary N) is 1. The maximum atomic E-state index is 5.25. The van der Waals surface area contributed by atoms with Gasteiger partial charge in [0.1, 0.15) is 0 Å². The molecule has 0 radical (unpaired) electrons. The second-order valence-electron chi connectivity index (χ2n) is 6.05. The van der Waals surface area contributed by atoms with E-state index in [-0.39, 0.29) is 0 Å². The lowest BCUT2D eigenvalue weighted by molar-refractivity contribution is 0.0648. The Morgan fingerprint density at radius 3 is 2.68 bits per heavy atom. The molecule has 0 aromatic carbocycles. The Morgan fingerprint density at radius 2 is 2.05 bits per heavy atom. The number of piperazine rings is 1. The first kappa shape index (κ1) is 16.9. The molecule has 0 spiro atoms. The van der Waals surface area contributed by atoms with Gasteiger partial charge >= 0.3 is 0 Å². The molecule has 1 rings (SSSR count). The summed E-state index contributed by atoms with van der Waals surface area (Å²) in [5.41, 5.74) is 0. The van der Waals surface area contributed by atoms with Crippen LogP contribution in [0, 0.1) is 5.92 Å². The van der Waals surface area contributed by atoms with E-state index < -0.39 is 0 Å². The molecule has 3 atom stereocenters. The summed E-state index contributed by atoms with van der Waals surface area (Å²) in [7, 11) is 6.29. The van der Waals surface area contributed by atoms with Gasteiger partial charge in [-0.05, 0) is 39.4 Å². The van der Waals surface area contributed by atoms with Crippen LogP contribution in [0.5, 0.6) is 0 Å². The van der Waals surface area contributed by atoms with Crippen molar-refractivity contribution >= 4 is 0 Å². The van der Waals surface area contributed by atoms with Crippen molar-refractivity contribution in [3.8, 4) is 0 Å². The van der Waals surface area contributed by atoms with Crippen LogP contribution in [-0.2, 0) is 4.74 Å². The minimum absolute atomic E-state index is 0.558. The van der Waals surface area contributed by atoms with Gasteiger partial charge in [-0.2, -0.15) is 0 Å². The van der Waals surface area contributed by atoms with Gasteiger partial charge < -0.3 is 15.0 Å². The maximum absolute atomic E-state index is 5.25. The number of ether oxygens (including phenoxy) is 1. The molecule has 1 heterocycles. The highest BCUT2D eigenvalue weighted by molar-refractivity contribution is 4.91. The Bertz CT molecular complexity index is 237. The largest absolute Gasteiger partial charge is 0.385 e. The number of rotatable bonds is 8. The summed E-state index contributed by atoms with van der Waals surface area (Å²) in [6.45, 7) is 10.1. The maximum Gasteiger partial charge on any atom is 0.0465 e. The lowest BCUT2D eigenvalue weighted by Crippen LogP contribution is -2.60. The number of likely N-dealkylation sites (N-methyl/N-ethyl adjacent to an activating group) is 2. The Kier molecular flexibility index (Phi) is 7.91. The van der Waals surface area contributed by atoms with Crippen molar-refractivity contribution in [1.29, 1.82) is 0 Å². The highest BCUT2D eigenvalue weighted by Gasteiger charge is 2.32. The molecule has 0 saturated carbocycles. The first-order valence-corrected chi connectivity index (χ1v) is 7.71. The Balaban J connectivity index is 2.64. The smallest absolute Gasteiger partial charge is 0.0465 e. The van der Waals surface area contributed by atoms with E-state index >= 15 is 0 Å². The number of hydrogen-bond donors (Lipinski definition) is 1. The van der Waals surface area contributed by atoms with Crippen LogP contribution in [0.15, 0.2) is 0 Å². The molecule has 19 heavy (non-hydrogen) atoms. The molecule has 1 aliphatic rings. The topological polar surface area (TPSA) is 27.7 Å². The van der Waals surface area contributed by atoms with Crippen LogP contribution < -0.4 is 5.32 Å². The third kappa shape index (κ3) is 5.38. The van der Waals surface area contributed by atoms with Gasteiger partial charge in [0.15, 0.2) is 0 Å². The van der Waals surface area contributed by atoms with Gasteiger partial charge in [0.05, 0.1) is 0 Å². The lowest BCUT2D eigenvalue weighted by Gasteiger charge is -2.44. The minimum atomic E-state index is 0.558. The lowest BCUT2D eigenvalue weighted by atomic mass is 9.90. The van der Waals surface area contributed by atoms with Gasteiger partial charge in [0, 0.05) is 45.4 Å². The molecule has 0 aliphatic carbocycles. The molecule has 0 amide bonds. The summed E-state index contributed by atoms with van der Waals surface area (Å²) in [6.07, 6.45) is 2.33. The van der Waals surface area contributed by atoms with E-state index in [2.05, 4.69) is 43.1 Å². The average Bonchev–Trinajstić information content (AvgIpc) is 2.40. The highest BCUT2D eigenvalue weighted by Crippen LogP contribution is 2.19. The molecule has 1 N–H and O–H groups in total. The first-order chi connectivity index (χ1) is 9.10. The fourth-order valence-electron chi connectivity index (χ4n) is 2.94. The van der Waals surface area contributed by atoms with Gasteiger partial charge in [-0.3, -0.25) is 4.90 Å². The highest BCUT2D eigenvalue weighted by atomic mass is 16.5.